The van der Waals surface area contributed by atoms with Crippen LogP contribution in [0.4, 0.5) is 0 Å². The first kappa shape index (κ1) is 23.7. The van der Waals surface area contributed by atoms with Crippen molar-refractivity contribution in [2.24, 2.45) is 0 Å². The van der Waals surface area contributed by atoms with Crippen molar-refractivity contribution in [3.63, 3.8) is 0 Å². The third-order valence-electron chi connectivity index (χ3n) is 2.62. The number of carbonyl (C=O) groups is 3. The van der Waals surface area contributed by atoms with E-state index in [4.69, 9.17) is 14.6 Å². The maximum atomic E-state index is 11.3. The van der Waals surface area contributed by atoms with Crippen LogP contribution in [0.1, 0.15) is 51.9 Å². The van der Waals surface area contributed by atoms with Crippen LogP contribution in [0.15, 0.2) is 12.2 Å². The number of rotatable bonds is 12. The molecule has 0 bridgehead atoms. The quantitative estimate of drug-likeness (QED) is 0.250. The van der Waals surface area contributed by atoms with Crippen molar-refractivity contribution in [1.29, 1.82) is 0 Å². The molecular weight excluding hydrogens is 316 g/mol. The predicted octanol–water partition coefficient (Wildman–Crippen LogP) is 1.55. The van der Waals surface area contributed by atoms with E-state index in [2.05, 4.69) is 0 Å². The van der Waals surface area contributed by atoms with Crippen molar-refractivity contribution >= 4 is 55.6 Å². The first-order chi connectivity index (χ1) is 10.1. The van der Waals surface area contributed by atoms with Crippen molar-refractivity contribution in [3.8, 4) is 0 Å². The Morgan fingerprint density at radius 3 is 2.09 bits per heavy atom. The molecule has 0 atom stereocenters. The van der Waals surface area contributed by atoms with Gasteiger partial charge in [-0.05, 0) is 32.6 Å². The van der Waals surface area contributed by atoms with Gasteiger partial charge in [0.25, 0.3) is 0 Å². The van der Waals surface area contributed by atoms with E-state index in [1.165, 1.54) is 6.08 Å². The number of carboxylic acids is 1. The second-order valence-electron chi connectivity index (χ2n) is 4.55. The van der Waals surface area contributed by atoms with Crippen LogP contribution in [-0.4, -0.2) is 74.0 Å². The molecule has 0 aliphatic carbocycles. The van der Waals surface area contributed by atoms with E-state index < -0.39 is 5.97 Å². The van der Waals surface area contributed by atoms with E-state index >= 15 is 0 Å². The van der Waals surface area contributed by atoms with Gasteiger partial charge in [-0.1, -0.05) is 12.5 Å². The number of carbonyl (C=O) groups excluding carboxylic acids is 2. The third-order valence-corrected chi connectivity index (χ3v) is 2.62. The summed E-state index contributed by atoms with van der Waals surface area (Å²) in [6, 6.07) is 0. The molecule has 1 N–H and O–H groups in total. The van der Waals surface area contributed by atoms with Crippen LogP contribution in [-0.2, 0) is 23.9 Å². The second-order valence-corrected chi connectivity index (χ2v) is 4.55. The summed E-state index contributed by atoms with van der Waals surface area (Å²) in [5.74, 6) is -1.44. The summed E-state index contributed by atoms with van der Waals surface area (Å²) < 4.78 is 9.90. The van der Waals surface area contributed by atoms with Gasteiger partial charge in [0.15, 0.2) is 0 Å². The average Bonchev–Trinajstić information content (AvgIpc) is 2.42. The van der Waals surface area contributed by atoms with Gasteiger partial charge in [-0.3, -0.25) is 9.59 Å². The van der Waals surface area contributed by atoms with Gasteiger partial charge in [-0.15, -0.1) is 0 Å². The van der Waals surface area contributed by atoms with Gasteiger partial charge < -0.3 is 14.6 Å². The van der Waals surface area contributed by atoms with Gasteiger partial charge in [0, 0.05) is 18.9 Å². The molecule has 0 amide bonds. The van der Waals surface area contributed by atoms with E-state index in [0.29, 0.717) is 51.7 Å². The predicted molar refractivity (Wildman–Crippen MR) is 85.2 cm³/mol. The third kappa shape index (κ3) is 17.5. The average molecular weight is 342 g/mol. The molecule has 0 unspecified atom stereocenters. The van der Waals surface area contributed by atoms with Crippen LogP contribution in [0, 0.1) is 0 Å². The Bertz CT molecular complexity index is 354. The van der Waals surface area contributed by atoms with Gasteiger partial charge in [0.05, 0.1) is 13.2 Å². The van der Waals surface area contributed by atoms with Gasteiger partial charge in [-0.25, -0.2) is 4.79 Å². The molecule has 0 radical (unpaired) electrons. The first-order valence-corrected chi connectivity index (χ1v) is 7.23. The molecule has 0 aromatic carbocycles. The molecule has 0 aromatic heterocycles. The van der Waals surface area contributed by atoms with Crippen molar-refractivity contribution < 1.29 is 29.0 Å². The number of unbranched alkanes of at least 4 members (excludes halogenated alkanes) is 3. The standard InChI is InChI=1S/C15H24O6.Ca.2H/c1-2-8-14(18)20-11-6-7-12-21-15(19)10-5-3-4-9-13(16)17;;;/h2,8H,3-7,9-12H2,1H3,(H,16,17);;;. The Morgan fingerprint density at radius 2 is 1.50 bits per heavy atom. The first-order valence-electron chi connectivity index (χ1n) is 7.23. The fourth-order valence-corrected chi connectivity index (χ4v) is 1.54. The summed E-state index contributed by atoms with van der Waals surface area (Å²) in [4.78, 5) is 32.6. The zero-order chi connectivity index (χ0) is 15.9. The zero-order valence-corrected chi connectivity index (χ0v) is 12.5. The SMILES string of the molecule is CC=CC(=O)OCCCCOC(=O)CCCCCC(=O)O.[CaH2]. The van der Waals surface area contributed by atoms with E-state index in [9.17, 15) is 14.4 Å². The molecule has 0 aliphatic rings. The fraction of sp³-hybridized carbons (Fsp3) is 0.667. The number of aliphatic carboxylic acids is 1. The van der Waals surface area contributed by atoms with E-state index in [1.807, 2.05) is 0 Å². The van der Waals surface area contributed by atoms with Crippen LogP contribution in [0.2, 0.25) is 0 Å². The van der Waals surface area contributed by atoms with Crippen molar-refractivity contribution in [3.05, 3.63) is 12.2 Å². The van der Waals surface area contributed by atoms with Gasteiger partial charge in [0.2, 0.25) is 0 Å². The molecular formula is C15H26CaO6. The molecule has 0 aromatic rings. The summed E-state index contributed by atoms with van der Waals surface area (Å²) in [6.45, 7) is 2.37. The topological polar surface area (TPSA) is 89.9 Å². The number of hydrogen-bond acceptors (Lipinski definition) is 5. The Labute approximate surface area is 161 Å². The number of allylic oxidation sites excluding steroid dienone is 1. The number of esters is 2. The van der Waals surface area contributed by atoms with Gasteiger partial charge >= 0.3 is 55.6 Å². The van der Waals surface area contributed by atoms with Crippen LogP contribution in [0.25, 0.3) is 0 Å². The molecule has 22 heavy (non-hydrogen) atoms. The zero-order valence-electron chi connectivity index (χ0n) is 12.5. The van der Waals surface area contributed by atoms with Gasteiger partial charge in [0.1, 0.15) is 0 Å². The Balaban J connectivity index is 0. The van der Waals surface area contributed by atoms with E-state index in [-0.39, 0.29) is 56.1 Å². The molecule has 0 spiro atoms. The number of carboxylic acid groups (broad SMARTS) is 1. The van der Waals surface area contributed by atoms with E-state index in [0.717, 1.165) is 0 Å². The van der Waals surface area contributed by atoms with Crippen molar-refractivity contribution in [2.45, 2.75) is 51.9 Å². The van der Waals surface area contributed by atoms with Crippen LogP contribution in [0.3, 0.4) is 0 Å². The Morgan fingerprint density at radius 1 is 0.909 bits per heavy atom. The van der Waals surface area contributed by atoms with Crippen molar-refractivity contribution in [1.82, 2.24) is 0 Å². The van der Waals surface area contributed by atoms with E-state index in [1.54, 1.807) is 13.0 Å². The van der Waals surface area contributed by atoms with Gasteiger partial charge in [-0.2, -0.15) is 0 Å². The number of ether oxygens (including phenoxy) is 2. The second kappa shape index (κ2) is 16.8. The normalized spacial score (nSPS) is 10.0. The minimum absolute atomic E-state index is 0. The summed E-state index contributed by atoms with van der Waals surface area (Å²) in [6.07, 6.45) is 6.65. The molecule has 7 heteroatoms. The van der Waals surface area contributed by atoms with Crippen LogP contribution in [0.5, 0.6) is 0 Å². The number of hydrogen-bond donors (Lipinski definition) is 1. The molecule has 0 heterocycles. The summed E-state index contributed by atoms with van der Waals surface area (Å²) >= 11 is 0. The van der Waals surface area contributed by atoms with Crippen molar-refractivity contribution in [2.75, 3.05) is 13.2 Å². The van der Waals surface area contributed by atoms with Crippen LogP contribution >= 0.6 is 0 Å². The monoisotopic (exact) mass is 342 g/mol. The molecule has 0 saturated carbocycles. The Kier molecular flexibility index (Phi) is 18.1. The van der Waals surface area contributed by atoms with Crippen LogP contribution < -0.4 is 0 Å². The minimum atomic E-state index is -0.812. The molecule has 0 saturated heterocycles. The molecule has 124 valence electrons. The molecule has 6 nitrogen and oxygen atoms in total. The summed E-state index contributed by atoms with van der Waals surface area (Å²) in [5.41, 5.74) is 0. The molecule has 0 fully saturated rings. The summed E-state index contributed by atoms with van der Waals surface area (Å²) in [7, 11) is 0. The molecule has 0 rings (SSSR count). The fourth-order valence-electron chi connectivity index (χ4n) is 1.54. The maximum absolute atomic E-state index is 11.3. The Hall–Kier alpha value is -0.590. The molecule has 0 aliphatic heterocycles. The summed E-state index contributed by atoms with van der Waals surface area (Å²) in [5, 5.41) is 8.45.